The van der Waals surface area contributed by atoms with Crippen LogP contribution in [0.2, 0.25) is 0 Å². The monoisotopic (exact) mass is 114 g/mol. The molecular weight excluding hydrogens is 100 g/mol. The number of nitrogens with zero attached hydrogens (tertiary/aromatic N) is 1. The first kappa shape index (κ1) is 6.05. The van der Waals surface area contributed by atoms with Crippen molar-refractivity contribution in [3.05, 3.63) is 0 Å². The van der Waals surface area contributed by atoms with Crippen molar-refractivity contribution in [2.75, 3.05) is 6.54 Å². The molecule has 1 rings (SSSR count). The number of hydrogen-bond acceptors (Lipinski definition) is 2. The molecule has 0 radical (unpaired) electrons. The lowest BCUT2D eigenvalue weighted by Crippen LogP contribution is -2.09. The van der Waals surface area contributed by atoms with E-state index in [2.05, 4.69) is 31.2 Å². The summed E-state index contributed by atoms with van der Waals surface area (Å²) < 4.78 is 0. The molecular formula is C6H14N2. The van der Waals surface area contributed by atoms with Gasteiger partial charge in [-0.2, -0.15) is 0 Å². The molecule has 1 fully saturated rings. The average molecular weight is 114 g/mol. The minimum atomic E-state index is 0.302. The van der Waals surface area contributed by atoms with Crippen LogP contribution in [0.4, 0.5) is 0 Å². The second-order valence-corrected chi connectivity index (χ2v) is 2.82. The van der Waals surface area contributed by atoms with E-state index in [-0.39, 0.29) is 0 Å². The van der Waals surface area contributed by atoms with Gasteiger partial charge in [0.25, 0.3) is 0 Å². The Balaban J connectivity index is 2.17. The SMILES string of the molecule is CCCN1NC1(C)C. The van der Waals surface area contributed by atoms with E-state index in [1.807, 2.05) is 0 Å². The summed E-state index contributed by atoms with van der Waals surface area (Å²) in [7, 11) is 0. The summed E-state index contributed by atoms with van der Waals surface area (Å²) in [5, 5.41) is 2.24. The molecule has 2 heteroatoms. The first-order chi connectivity index (χ1) is 3.67. The van der Waals surface area contributed by atoms with E-state index < -0.39 is 0 Å². The summed E-state index contributed by atoms with van der Waals surface area (Å²) in [6.07, 6.45) is 1.23. The molecule has 1 heterocycles. The van der Waals surface area contributed by atoms with Gasteiger partial charge in [-0.25, -0.2) is 10.4 Å². The molecule has 1 atom stereocenters. The van der Waals surface area contributed by atoms with Gasteiger partial charge >= 0.3 is 0 Å². The van der Waals surface area contributed by atoms with E-state index in [1.165, 1.54) is 13.0 Å². The topological polar surface area (TPSA) is 25.0 Å². The van der Waals surface area contributed by atoms with Gasteiger partial charge in [0, 0.05) is 6.54 Å². The molecule has 0 spiro atoms. The normalized spacial score (nSPS) is 32.6. The van der Waals surface area contributed by atoms with Gasteiger partial charge in [-0.3, -0.25) is 0 Å². The Morgan fingerprint density at radius 3 is 2.12 bits per heavy atom. The maximum absolute atomic E-state index is 3.24. The van der Waals surface area contributed by atoms with E-state index in [4.69, 9.17) is 0 Å². The maximum Gasteiger partial charge on any atom is 0.0918 e. The van der Waals surface area contributed by atoms with Crippen molar-refractivity contribution >= 4 is 0 Å². The highest BCUT2D eigenvalue weighted by molar-refractivity contribution is 4.87. The Hall–Kier alpha value is -0.0800. The smallest absolute Gasteiger partial charge is 0.0918 e. The van der Waals surface area contributed by atoms with E-state index in [1.54, 1.807) is 0 Å². The minimum absolute atomic E-state index is 0.302. The quantitative estimate of drug-likeness (QED) is 0.541. The highest BCUT2D eigenvalue weighted by Gasteiger charge is 2.40. The van der Waals surface area contributed by atoms with E-state index in [0.29, 0.717) is 5.66 Å². The van der Waals surface area contributed by atoms with Crippen molar-refractivity contribution < 1.29 is 0 Å². The molecule has 1 N–H and O–H groups in total. The van der Waals surface area contributed by atoms with Gasteiger partial charge in [0.05, 0.1) is 5.66 Å². The van der Waals surface area contributed by atoms with Gasteiger partial charge in [0.2, 0.25) is 0 Å². The summed E-state index contributed by atoms with van der Waals surface area (Å²) >= 11 is 0. The van der Waals surface area contributed by atoms with E-state index in [0.717, 1.165) is 0 Å². The molecule has 0 amide bonds. The molecule has 8 heavy (non-hydrogen) atoms. The third-order valence-corrected chi connectivity index (χ3v) is 1.48. The average Bonchev–Trinajstić information content (AvgIpc) is 2.15. The van der Waals surface area contributed by atoms with Crippen molar-refractivity contribution in [2.24, 2.45) is 0 Å². The zero-order valence-corrected chi connectivity index (χ0v) is 5.86. The van der Waals surface area contributed by atoms with Crippen LogP contribution in [0.3, 0.4) is 0 Å². The molecule has 0 aliphatic carbocycles. The van der Waals surface area contributed by atoms with Crippen molar-refractivity contribution in [3.63, 3.8) is 0 Å². The van der Waals surface area contributed by atoms with Gasteiger partial charge in [-0.05, 0) is 20.3 Å². The molecule has 48 valence electrons. The van der Waals surface area contributed by atoms with Gasteiger partial charge in [0.1, 0.15) is 0 Å². The zero-order chi connectivity index (χ0) is 6.20. The lowest BCUT2D eigenvalue weighted by atomic mass is 10.3. The second-order valence-electron chi connectivity index (χ2n) is 2.82. The first-order valence-corrected chi connectivity index (χ1v) is 3.22. The molecule has 0 aromatic carbocycles. The van der Waals surface area contributed by atoms with Crippen LogP contribution in [0, 0.1) is 0 Å². The zero-order valence-electron chi connectivity index (χ0n) is 5.86. The number of rotatable bonds is 2. The fourth-order valence-corrected chi connectivity index (χ4v) is 0.864. The standard InChI is InChI=1S/C6H14N2/c1-4-5-8-6(2,3)7-8/h7H,4-5H2,1-3H3. The summed E-state index contributed by atoms with van der Waals surface area (Å²) in [4.78, 5) is 0. The third kappa shape index (κ3) is 1.01. The van der Waals surface area contributed by atoms with Crippen molar-refractivity contribution in [3.8, 4) is 0 Å². The largest absolute Gasteiger partial charge is 0.233 e. The summed E-state index contributed by atoms with van der Waals surface area (Å²) in [6.45, 7) is 7.73. The minimum Gasteiger partial charge on any atom is -0.233 e. The van der Waals surface area contributed by atoms with Gasteiger partial charge in [-0.15, -0.1) is 0 Å². The summed E-state index contributed by atoms with van der Waals surface area (Å²) in [5.41, 5.74) is 3.54. The molecule has 0 aromatic rings. The fraction of sp³-hybridized carbons (Fsp3) is 1.00. The summed E-state index contributed by atoms with van der Waals surface area (Å²) in [5.74, 6) is 0. The van der Waals surface area contributed by atoms with Crippen LogP contribution in [0.1, 0.15) is 27.2 Å². The highest BCUT2D eigenvalue weighted by atomic mass is 15.8. The molecule has 1 aliphatic heterocycles. The Kier molecular flexibility index (Phi) is 1.29. The highest BCUT2D eigenvalue weighted by Crippen LogP contribution is 2.21. The van der Waals surface area contributed by atoms with Crippen molar-refractivity contribution in [2.45, 2.75) is 32.9 Å². The lowest BCUT2D eigenvalue weighted by Gasteiger charge is -1.97. The van der Waals surface area contributed by atoms with Crippen LogP contribution < -0.4 is 5.43 Å². The Morgan fingerprint density at radius 1 is 1.50 bits per heavy atom. The van der Waals surface area contributed by atoms with E-state index >= 15 is 0 Å². The first-order valence-electron chi connectivity index (χ1n) is 3.22. The fourth-order valence-electron chi connectivity index (χ4n) is 0.864. The molecule has 0 bridgehead atoms. The van der Waals surface area contributed by atoms with Crippen LogP contribution in [-0.4, -0.2) is 17.2 Å². The van der Waals surface area contributed by atoms with Gasteiger partial charge < -0.3 is 0 Å². The lowest BCUT2D eigenvalue weighted by molar-refractivity contribution is 0.434. The van der Waals surface area contributed by atoms with Crippen LogP contribution in [0.15, 0.2) is 0 Å². The van der Waals surface area contributed by atoms with E-state index in [9.17, 15) is 0 Å². The van der Waals surface area contributed by atoms with Gasteiger partial charge in [0.15, 0.2) is 0 Å². The Labute approximate surface area is 50.8 Å². The number of hydrogen-bond donors (Lipinski definition) is 1. The Bertz CT molecular complexity index is 88.5. The predicted molar refractivity (Wildman–Crippen MR) is 34.2 cm³/mol. The molecule has 0 aromatic heterocycles. The molecule has 1 aliphatic rings. The molecule has 2 nitrogen and oxygen atoms in total. The van der Waals surface area contributed by atoms with Crippen LogP contribution >= 0.6 is 0 Å². The molecule has 1 saturated heterocycles. The third-order valence-electron chi connectivity index (χ3n) is 1.48. The summed E-state index contributed by atoms with van der Waals surface area (Å²) in [6, 6.07) is 0. The molecule has 0 saturated carbocycles. The van der Waals surface area contributed by atoms with Crippen LogP contribution in [-0.2, 0) is 0 Å². The van der Waals surface area contributed by atoms with Crippen molar-refractivity contribution in [1.82, 2.24) is 10.4 Å². The van der Waals surface area contributed by atoms with Crippen LogP contribution in [0.25, 0.3) is 0 Å². The van der Waals surface area contributed by atoms with Crippen LogP contribution in [0.5, 0.6) is 0 Å². The number of nitrogens with one attached hydrogen (secondary N) is 1. The number of hydrazine groups is 1. The maximum atomic E-state index is 3.24. The van der Waals surface area contributed by atoms with Gasteiger partial charge in [-0.1, -0.05) is 6.92 Å². The predicted octanol–water partition coefficient (Wildman–Crippen LogP) is 0.953. The van der Waals surface area contributed by atoms with Crippen molar-refractivity contribution in [1.29, 1.82) is 0 Å². The Morgan fingerprint density at radius 2 is 2.00 bits per heavy atom. The second kappa shape index (κ2) is 1.71. The molecule has 1 unspecified atom stereocenters.